The van der Waals surface area contributed by atoms with Crippen LogP contribution in [-0.2, 0) is 6.42 Å². The molecule has 112 valence electrons. The molecule has 0 aliphatic rings. The van der Waals surface area contributed by atoms with Gasteiger partial charge in [-0.1, -0.05) is 55.5 Å². The molecule has 1 N–H and O–H groups in total. The zero-order valence-corrected chi connectivity index (χ0v) is 13.0. The maximum atomic E-state index is 12.3. The Labute approximate surface area is 134 Å². The van der Waals surface area contributed by atoms with Crippen LogP contribution in [0, 0.1) is 0 Å². The number of benzene rings is 3. The zero-order chi connectivity index (χ0) is 15.8. The van der Waals surface area contributed by atoms with Crippen LogP contribution in [0.4, 0.5) is 0 Å². The maximum Gasteiger partial charge on any atom is 0.256 e. The zero-order valence-electron chi connectivity index (χ0n) is 13.0. The fourth-order valence-corrected chi connectivity index (χ4v) is 3.12. The smallest absolute Gasteiger partial charge is 0.256 e. The number of pyridine rings is 1. The monoisotopic (exact) mass is 299 g/mol. The first-order valence-electron chi connectivity index (χ1n) is 7.90. The normalized spacial score (nSPS) is 11.2. The van der Waals surface area contributed by atoms with Crippen molar-refractivity contribution in [3.8, 4) is 11.1 Å². The van der Waals surface area contributed by atoms with Crippen molar-refractivity contribution in [2.24, 2.45) is 0 Å². The quantitative estimate of drug-likeness (QED) is 0.524. The highest BCUT2D eigenvalue weighted by atomic mass is 16.1. The molecule has 0 amide bonds. The minimum atomic E-state index is -0.0356. The summed E-state index contributed by atoms with van der Waals surface area (Å²) in [6, 6.07) is 21.0. The van der Waals surface area contributed by atoms with Gasteiger partial charge in [0, 0.05) is 6.20 Å². The molecular formula is C21H17NO. The number of hydrogen-bond acceptors (Lipinski definition) is 1. The van der Waals surface area contributed by atoms with E-state index in [4.69, 9.17) is 0 Å². The Balaban J connectivity index is 1.98. The number of aromatic amines is 1. The Morgan fingerprint density at radius 1 is 0.826 bits per heavy atom. The first kappa shape index (κ1) is 13.8. The predicted molar refractivity (Wildman–Crippen MR) is 96.9 cm³/mol. The first-order chi connectivity index (χ1) is 11.3. The topological polar surface area (TPSA) is 32.9 Å². The molecular weight excluding hydrogens is 282 g/mol. The van der Waals surface area contributed by atoms with E-state index in [2.05, 4.69) is 60.4 Å². The van der Waals surface area contributed by atoms with Gasteiger partial charge < -0.3 is 4.98 Å². The summed E-state index contributed by atoms with van der Waals surface area (Å²) in [7, 11) is 0. The molecule has 1 heterocycles. The van der Waals surface area contributed by atoms with Crippen LogP contribution in [-0.4, -0.2) is 4.98 Å². The van der Waals surface area contributed by atoms with Crippen LogP contribution in [0.5, 0.6) is 0 Å². The Hall–Kier alpha value is -2.87. The van der Waals surface area contributed by atoms with Crippen molar-refractivity contribution in [3.05, 3.63) is 82.8 Å². The summed E-state index contributed by atoms with van der Waals surface area (Å²) in [5.74, 6) is 0. The van der Waals surface area contributed by atoms with Crippen molar-refractivity contribution in [3.63, 3.8) is 0 Å². The van der Waals surface area contributed by atoms with Gasteiger partial charge in [-0.15, -0.1) is 0 Å². The van der Waals surface area contributed by atoms with Gasteiger partial charge in [-0.25, -0.2) is 0 Å². The molecule has 4 aromatic rings. The fraction of sp³-hybridized carbons (Fsp3) is 0.0952. The third-order valence-electron chi connectivity index (χ3n) is 4.45. The molecule has 3 aromatic carbocycles. The molecule has 0 saturated carbocycles. The maximum absolute atomic E-state index is 12.3. The molecule has 4 rings (SSSR count). The Bertz CT molecular complexity index is 1060. The van der Waals surface area contributed by atoms with Crippen molar-refractivity contribution in [2.45, 2.75) is 13.3 Å². The molecule has 0 fully saturated rings. The highest BCUT2D eigenvalue weighted by molar-refractivity contribution is 6.08. The van der Waals surface area contributed by atoms with Gasteiger partial charge in [-0.05, 0) is 51.4 Å². The number of hydrogen-bond donors (Lipinski definition) is 1. The number of fused-ring (bicyclic) bond motifs is 3. The van der Waals surface area contributed by atoms with Gasteiger partial charge in [-0.3, -0.25) is 4.79 Å². The molecule has 1 aromatic heterocycles. The summed E-state index contributed by atoms with van der Waals surface area (Å²) in [6.07, 6.45) is 2.74. The van der Waals surface area contributed by atoms with Crippen molar-refractivity contribution in [1.82, 2.24) is 4.98 Å². The highest BCUT2D eigenvalue weighted by Gasteiger charge is 2.06. The van der Waals surface area contributed by atoms with E-state index >= 15 is 0 Å². The van der Waals surface area contributed by atoms with E-state index in [-0.39, 0.29) is 5.56 Å². The predicted octanol–water partition coefficient (Wildman–Crippen LogP) is 4.91. The van der Waals surface area contributed by atoms with Crippen LogP contribution in [0.2, 0.25) is 0 Å². The van der Waals surface area contributed by atoms with Gasteiger partial charge in [0.25, 0.3) is 5.56 Å². The van der Waals surface area contributed by atoms with E-state index in [1.165, 1.54) is 11.1 Å². The van der Waals surface area contributed by atoms with Gasteiger partial charge in [0.15, 0.2) is 0 Å². The summed E-state index contributed by atoms with van der Waals surface area (Å²) in [5.41, 5.74) is 3.60. The number of H-pyrrole nitrogens is 1. The Morgan fingerprint density at radius 2 is 1.52 bits per heavy atom. The van der Waals surface area contributed by atoms with Crippen LogP contribution in [0.25, 0.3) is 32.7 Å². The van der Waals surface area contributed by atoms with Crippen molar-refractivity contribution < 1.29 is 0 Å². The lowest BCUT2D eigenvalue weighted by molar-refractivity contribution is 1.14. The summed E-state index contributed by atoms with van der Waals surface area (Å²) in [6.45, 7) is 2.16. The van der Waals surface area contributed by atoms with E-state index in [9.17, 15) is 4.79 Å². The van der Waals surface area contributed by atoms with Gasteiger partial charge in [0.1, 0.15) is 0 Å². The van der Waals surface area contributed by atoms with Gasteiger partial charge >= 0.3 is 0 Å². The van der Waals surface area contributed by atoms with Gasteiger partial charge in [0.05, 0.1) is 5.39 Å². The molecule has 0 unspecified atom stereocenters. The highest BCUT2D eigenvalue weighted by Crippen LogP contribution is 2.28. The Kier molecular flexibility index (Phi) is 3.23. The molecule has 0 aliphatic heterocycles. The second kappa shape index (κ2) is 5.40. The third kappa shape index (κ3) is 2.33. The summed E-state index contributed by atoms with van der Waals surface area (Å²) < 4.78 is 0. The summed E-state index contributed by atoms with van der Waals surface area (Å²) in [4.78, 5) is 15.1. The van der Waals surface area contributed by atoms with E-state index < -0.39 is 0 Å². The average Bonchev–Trinajstić information content (AvgIpc) is 2.61. The molecule has 23 heavy (non-hydrogen) atoms. The number of rotatable bonds is 2. The summed E-state index contributed by atoms with van der Waals surface area (Å²) >= 11 is 0. The standard InChI is InChI=1S/C21H17NO/c1-2-14-3-5-15(6-4-14)18-10-8-16-7-9-17-11-12-22-21(23)20(17)19(16)13-18/h3-13H,2H2,1H3,(H,22,23). The molecule has 0 bridgehead atoms. The average molecular weight is 299 g/mol. The lowest BCUT2D eigenvalue weighted by atomic mass is 9.97. The second-order valence-electron chi connectivity index (χ2n) is 5.82. The van der Waals surface area contributed by atoms with Crippen molar-refractivity contribution in [1.29, 1.82) is 0 Å². The van der Waals surface area contributed by atoms with Gasteiger partial charge in [-0.2, -0.15) is 0 Å². The molecule has 0 radical (unpaired) electrons. The fourth-order valence-electron chi connectivity index (χ4n) is 3.12. The minimum absolute atomic E-state index is 0.0356. The van der Waals surface area contributed by atoms with Crippen LogP contribution in [0.1, 0.15) is 12.5 Å². The van der Waals surface area contributed by atoms with Crippen molar-refractivity contribution in [2.75, 3.05) is 0 Å². The van der Waals surface area contributed by atoms with E-state index in [1.807, 2.05) is 12.1 Å². The van der Waals surface area contributed by atoms with E-state index in [0.717, 1.165) is 33.5 Å². The number of aromatic nitrogens is 1. The minimum Gasteiger partial charge on any atom is -0.329 e. The molecule has 0 atom stereocenters. The van der Waals surface area contributed by atoms with Crippen LogP contribution in [0.15, 0.2) is 71.7 Å². The van der Waals surface area contributed by atoms with Crippen LogP contribution >= 0.6 is 0 Å². The second-order valence-corrected chi connectivity index (χ2v) is 5.82. The van der Waals surface area contributed by atoms with E-state index in [0.29, 0.717) is 0 Å². The van der Waals surface area contributed by atoms with Crippen LogP contribution < -0.4 is 5.56 Å². The first-order valence-corrected chi connectivity index (χ1v) is 7.90. The molecule has 0 aliphatic carbocycles. The molecule has 0 spiro atoms. The molecule has 0 saturated heterocycles. The summed E-state index contributed by atoms with van der Waals surface area (Å²) in [5, 5.41) is 3.82. The van der Waals surface area contributed by atoms with E-state index in [1.54, 1.807) is 6.20 Å². The lowest BCUT2D eigenvalue weighted by Gasteiger charge is -2.07. The SMILES string of the molecule is CCc1ccc(-c2ccc3ccc4cc[nH]c(=O)c4c3c2)cc1. The van der Waals surface area contributed by atoms with Crippen LogP contribution in [0.3, 0.4) is 0 Å². The lowest BCUT2D eigenvalue weighted by Crippen LogP contribution is -2.04. The third-order valence-corrected chi connectivity index (χ3v) is 4.45. The molecule has 2 nitrogen and oxygen atoms in total. The number of nitrogens with one attached hydrogen (secondary N) is 1. The van der Waals surface area contributed by atoms with Gasteiger partial charge in [0.2, 0.25) is 0 Å². The van der Waals surface area contributed by atoms with Crippen molar-refractivity contribution >= 4 is 21.5 Å². The number of aryl methyl sites for hydroxylation is 1. The largest absolute Gasteiger partial charge is 0.329 e. The molecule has 2 heteroatoms. The Morgan fingerprint density at radius 3 is 2.30 bits per heavy atom.